The van der Waals surface area contributed by atoms with E-state index in [2.05, 4.69) is 57.0 Å². The van der Waals surface area contributed by atoms with E-state index in [0.29, 0.717) is 0 Å². The van der Waals surface area contributed by atoms with E-state index in [0.717, 1.165) is 0 Å². The van der Waals surface area contributed by atoms with E-state index in [1.165, 1.54) is 28.2 Å². The van der Waals surface area contributed by atoms with Gasteiger partial charge >= 0.3 is 0 Å². The van der Waals surface area contributed by atoms with Crippen LogP contribution in [0.3, 0.4) is 0 Å². The summed E-state index contributed by atoms with van der Waals surface area (Å²) in [7, 11) is 0. The minimum Gasteiger partial charge on any atom is -0.106 e. The molecule has 17 heavy (non-hydrogen) atoms. The topological polar surface area (TPSA) is 0 Å². The standard InChI is InChI=1S/C14H18S.C2H4/c1-4-7-12-8-10-14(11-9-12)15-13(5-2)6-3;1-2/h5-6,8-11H,2,4,7H2,1,3H3;1-2H2/b13-6+;. The van der Waals surface area contributed by atoms with Gasteiger partial charge in [0.25, 0.3) is 0 Å². The predicted molar refractivity (Wildman–Crippen MR) is 81.5 cm³/mol. The van der Waals surface area contributed by atoms with E-state index in [1.54, 1.807) is 11.8 Å². The van der Waals surface area contributed by atoms with Crippen LogP contribution in [0.25, 0.3) is 0 Å². The molecule has 1 heteroatoms. The second-order valence-electron chi connectivity index (χ2n) is 3.39. The van der Waals surface area contributed by atoms with Crippen molar-refractivity contribution in [2.24, 2.45) is 0 Å². The average molecular weight is 246 g/mol. The first-order valence-corrected chi connectivity index (χ1v) is 6.67. The van der Waals surface area contributed by atoms with Crippen molar-refractivity contribution in [1.82, 2.24) is 0 Å². The van der Waals surface area contributed by atoms with Gasteiger partial charge in [-0.3, -0.25) is 0 Å². The molecule has 0 radical (unpaired) electrons. The summed E-state index contributed by atoms with van der Waals surface area (Å²) in [5, 5.41) is 0. The lowest BCUT2D eigenvalue weighted by Crippen LogP contribution is -1.82. The molecule has 0 amide bonds. The lowest BCUT2D eigenvalue weighted by molar-refractivity contribution is 0.920. The highest BCUT2D eigenvalue weighted by molar-refractivity contribution is 8.03. The molecule has 1 aromatic carbocycles. The van der Waals surface area contributed by atoms with Crippen molar-refractivity contribution in [2.75, 3.05) is 0 Å². The summed E-state index contributed by atoms with van der Waals surface area (Å²) in [5.41, 5.74) is 1.42. The van der Waals surface area contributed by atoms with Crippen LogP contribution in [-0.4, -0.2) is 0 Å². The average Bonchev–Trinajstić information content (AvgIpc) is 2.40. The molecule has 0 fully saturated rings. The molecule has 0 unspecified atom stereocenters. The number of aryl methyl sites for hydroxylation is 1. The second-order valence-corrected chi connectivity index (χ2v) is 4.54. The summed E-state index contributed by atoms with van der Waals surface area (Å²) in [6, 6.07) is 8.79. The Hall–Kier alpha value is -1.21. The van der Waals surface area contributed by atoms with E-state index in [9.17, 15) is 0 Å². The fraction of sp³-hybridized carbons (Fsp3) is 0.250. The highest BCUT2D eigenvalue weighted by atomic mass is 32.2. The van der Waals surface area contributed by atoms with E-state index >= 15 is 0 Å². The lowest BCUT2D eigenvalue weighted by Gasteiger charge is -2.03. The molecule has 0 aliphatic carbocycles. The van der Waals surface area contributed by atoms with Crippen molar-refractivity contribution >= 4 is 11.8 Å². The molecule has 0 aliphatic heterocycles. The monoisotopic (exact) mass is 246 g/mol. The molecular formula is C16H22S. The largest absolute Gasteiger partial charge is 0.106 e. The van der Waals surface area contributed by atoms with Crippen LogP contribution < -0.4 is 0 Å². The molecule has 1 aromatic rings. The first-order valence-electron chi connectivity index (χ1n) is 5.85. The minimum absolute atomic E-state index is 1.17. The summed E-state index contributed by atoms with van der Waals surface area (Å²) >= 11 is 1.76. The van der Waals surface area contributed by atoms with Gasteiger partial charge in [0.15, 0.2) is 0 Å². The number of hydrogen-bond acceptors (Lipinski definition) is 1. The molecule has 0 spiro atoms. The molecule has 0 nitrogen and oxygen atoms in total. The number of benzene rings is 1. The van der Waals surface area contributed by atoms with E-state index < -0.39 is 0 Å². The molecule has 0 saturated carbocycles. The zero-order valence-corrected chi connectivity index (χ0v) is 11.7. The third-order valence-corrected chi connectivity index (χ3v) is 3.33. The molecular weight excluding hydrogens is 224 g/mol. The Morgan fingerprint density at radius 1 is 1.24 bits per heavy atom. The number of hydrogen-bond donors (Lipinski definition) is 0. The summed E-state index contributed by atoms with van der Waals surface area (Å²) in [6.45, 7) is 14.0. The molecule has 0 bridgehead atoms. The van der Waals surface area contributed by atoms with Crippen LogP contribution in [0.1, 0.15) is 25.8 Å². The van der Waals surface area contributed by atoms with Crippen LogP contribution in [0.5, 0.6) is 0 Å². The number of thioether (sulfide) groups is 1. The van der Waals surface area contributed by atoms with Gasteiger partial charge in [-0.05, 0) is 31.0 Å². The Labute approximate surface area is 110 Å². The smallest absolute Gasteiger partial charge is 0.0122 e. The van der Waals surface area contributed by atoms with Gasteiger partial charge in [0.2, 0.25) is 0 Å². The summed E-state index contributed by atoms with van der Waals surface area (Å²) in [5.74, 6) is 0. The molecule has 0 aromatic heterocycles. The lowest BCUT2D eigenvalue weighted by atomic mass is 10.1. The molecule has 0 aliphatic rings. The maximum Gasteiger partial charge on any atom is 0.0122 e. The van der Waals surface area contributed by atoms with Gasteiger partial charge < -0.3 is 0 Å². The summed E-state index contributed by atoms with van der Waals surface area (Å²) in [6.07, 6.45) is 6.35. The Balaban J connectivity index is 0.00000121. The van der Waals surface area contributed by atoms with E-state index in [4.69, 9.17) is 0 Å². The molecule has 0 saturated heterocycles. The van der Waals surface area contributed by atoms with Crippen LogP contribution in [0.15, 0.2) is 66.0 Å². The van der Waals surface area contributed by atoms with Crippen LogP contribution in [-0.2, 0) is 6.42 Å². The highest BCUT2D eigenvalue weighted by Gasteiger charge is 1.96. The quantitative estimate of drug-likeness (QED) is 0.369. The third-order valence-electron chi connectivity index (χ3n) is 2.18. The van der Waals surface area contributed by atoms with Gasteiger partial charge in [-0.2, -0.15) is 0 Å². The predicted octanol–water partition coefficient (Wildman–Crippen LogP) is 5.62. The van der Waals surface area contributed by atoms with Gasteiger partial charge in [-0.25, -0.2) is 0 Å². The maximum atomic E-state index is 3.79. The molecule has 92 valence electrons. The minimum atomic E-state index is 1.17. The Kier molecular flexibility index (Phi) is 9.27. The fourth-order valence-corrected chi connectivity index (χ4v) is 2.11. The van der Waals surface area contributed by atoms with Gasteiger partial charge in [0.05, 0.1) is 0 Å². The van der Waals surface area contributed by atoms with Crippen molar-refractivity contribution < 1.29 is 0 Å². The molecule has 0 N–H and O–H groups in total. The zero-order chi connectivity index (χ0) is 13.1. The SMILES string of the molecule is C=C.C=C/C(=C\C)Sc1ccc(CCC)cc1. The van der Waals surface area contributed by atoms with Gasteiger partial charge in [0.1, 0.15) is 0 Å². The summed E-state index contributed by atoms with van der Waals surface area (Å²) < 4.78 is 0. The van der Waals surface area contributed by atoms with E-state index in [1.807, 2.05) is 13.0 Å². The first-order chi connectivity index (χ1) is 8.30. The number of allylic oxidation sites excluding steroid dienone is 2. The normalized spacial score (nSPS) is 10.4. The van der Waals surface area contributed by atoms with Gasteiger partial charge in [-0.1, -0.05) is 56.0 Å². The Bertz CT molecular complexity index is 346. The van der Waals surface area contributed by atoms with Crippen molar-refractivity contribution in [3.8, 4) is 0 Å². The van der Waals surface area contributed by atoms with Crippen LogP contribution in [0.2, 0.25) is 0 Å². The highest BCUT2D eigenvalue weighted by Crippen LogP contribution is 2.27. The van der Waals surface area contributed by atoms with Crippen molar-refractivity contribution in [1.29, 1.82) is 0 Å². The van der Waals surface area contributed by atoms with Crippen molar-refractivity contribution in [3.05, 3.63) is 66.6 Å². The van der Waals surface area contributed by atoms with Gasteiger partial charge in [-0.15, -0.1) is 13.2 Å². The molecule has 1 rings (SSSR count). The van der Waals surface area contributed by atoms with Crippen molar-refractivity contribution in [2.45, 2.75) is 31.6 Å². The fourth-order valence-electron chi connectivity index (χ4n) is 1.37. The number of rotatable bonds is 5. The third kappa shape index (κ3) is 6.18. The Morgan fingerprint density at radius 2 is 1.82 bits per heavy atom. The second kappa shape index (κ2) is 9.98. The Morgan fingerprint density at radius 3 is 2.24 bits per heavy atom. The van der Waals surface area contributed by atoms with Crippen LogP contribution in [0.4, 0.5) is 0 Å². The van der Waals surface area contributed by atoms with Crippen molar-refractivity contribution in [3.63, 3.8) is 0 Å². The molecule has 0 heterocycles. The zero-order valence-electron chi connectivity index (χ0n) is 10.9. The maximum absolute atomic E-state index is 3.79. The first kappa shape index (κ1) is 15.8. The van der Waals surface area contributed by atoms with Crippen LogP contribution >= 0.6 is 11.8 Å². The van der Waals surface area contributed by atoms with Crippen LogP contribution in [0, 0.1) is 0 Å². The summed E-state index contributed by atoms with van der Waals surface area (Å²) in [4.78, 5) is 2.49. The van der Waals surface area contributed by atoms with Gasteiger partial charge in [0, 0.05) is 9.80 Å². The molecule has 0 atom stereocenters. The van der Waals surface area contributed by atoms with E-state index in [-0.39, 0.29) is 0 Å².